The number of rotatable bonds is 8. The van der Waals surface area contributed by atoms with Gasteiger partial charge in [0.2, 0.25) is 8.32 Å². The smallest absolute Gasteiger partial charge is 0.200 e. The van der Waals surface area contributed by atoms with Gasteiger partial charge >= 0.3 is 0 Å². The van der Waals surface area contributed by atoms with Crippen LogP contribution in [0, 0.1) is 12.3 Å². The number of nitrogens with zero attached hydrogens (tertiary/aromatic N) is 1. The van der Waals surface area contributed by atoms with Crippen LogP contribution < -0.4 is 0 Å². The number of terminal acetylenes is 1. The summed E-state index contributed by atoms with van der Waals surface area (Å²) in [4.78, 5) is 2.34. The van der Waals surface area contributed by atoms with E-state index in [1.165, 1.54) is 0 Å². The SMILES string of the molecule is C#CCN1CCC[C@@H](O[Si](C(C)C)(C(C)C)C(C)C)[C@@H]1CCO. The highest BCUT2D eigenvalue weighted by molar-refractivity contribution is 6.77. The Morgan fingerprint density at radius 2 is 1.74 bits per heavy atom. The molecule has 1 aliphatic heterocycles. The third kappa shape index (κ3) is 4.60. The number of aliphatic hydroxyl groups excluding tert-OH is 1. The molecule has 1 heterocycles. The zero-order valence-corrected chi connectivity index (χ0v) is 17.0. The molecule has 4 heteroatoms. The molecule has 1 N–H and O–H groups in total. The average molecular weight is 340 g/mol. The number of hydrogen-bond donors (Lipinski definition) is 1. The fourth-order valence-electron chi connectivity index (χ4n) is 4.71. The Kier molecular flexibility index (Phi) is 8.30. The van der Waals surface area contributed by atoms with Gasteiger partial charge in [0.25, 0.3) is 0 Å². The van der Waals surface area contributed by atoms with Crippen LogP contribution in [-0.4, -0.2) is 50.2 Å². The van der Waals surface area contributed by atoms with E-state index >= 15 is 0 Å². The molecule has 1 saturated heterocycles. The van der Waals surface area contributed by atoms with Crippen LogP contribution in [0.2, 0.25) is 16.6 Å². The molecule has 0 unspecified atom stereocenters. The van der Waals surface area contributed by atoms with Crippen molar-refractivity contribution in [2.75, 3.05) is 19.7 Å². The summed E-state index contributed by atoms with van der Waals surface area (Å²) in [5.74, 6) is 2.78. The lowest BCUT2D eigenvalue weighted by atomic mass is 9.96. The summed E-state index contributed by atoms with van der Waals surface area (Å²) in [6.45, 7) is 15.9. The van der Waals surface area contributed by atoms with Gasteiger partial charge in [0.15, 0.2) is 0 Å². The lowest BCUT2D eigenvalue weighted by molar-refractivity contribution is 0.0116. The third-order valence-corrected chi connectivity index (χ3v) is 11.7. The topological polar surface area (TPSA) is 32.7 Å². The quantitative estimate of drug-likeness (QED) is 0.535. The first-order chi connectivity index (χ1) is 10.8. The highest BCUT2D eigenvalue weighted by Crippen LogP contribution is 2.44. The molecular formula is C19H37NO2Si. The van der Waals surface area contributed by atoms with E-state index in [0.717, 1.165) is 25.8 Å². The van der Waals surface area contributed by atoms with Gasteiger partial charge in [-0.25, -0.2) is 0 Å². The summed E-state index contributed by atoms with van der Waals surface area (Å²) in [6, 6.07) is 0.257. The van der Waals surface area contributed by atoms with Crippen LogP contribution in [-0.2, 0) is 4.43 Å². The van der Waals surface area contributed by atoms with E-state index in [2.05, 4.69) is 52.4 Å². The van der Waals surface area contributed by atoms with E-state index in [-0.39, 0.29) is 18.8 Å². The molecule has 23 heavy (non-hydrogen) atoms. The number of likely N-dealkylation sites (tertiary alicyclic amines) is 1. The van der Waals surface area contributed by atoms with Crippen LogP contribution in [0.25, 0.3) is 0 Å². The molecular weight excluding hydrogens is 302 g/mol. The fraction of sp³-hybridized carbons (Fsp3) is 0.895. The molecule has 0 spiro atoms. The monoisotopic (exact) mass is 339 g/mol. The molecule has 0 aliphatic carbocycles. The van der Waals surface area contributed by atoms with Gasteiger partial charge in [-0.15, -0.1) is 6.42 Å². The van der Waals surface area contributed by atoms with E-state index in [1.807, 2.05) is 0 Å². The standard InChI is InChI=1S/C19H37NO2Si/c1-8-12-20-13-9-10-19(18(20)11-14-21)22-23(15(2)3,16(4)5)17(6)7/h1,15-19,21H,9-14H2,2-7H3/t18-,19+/m0/s1. The summed E-state index contributed by atoms with van der Waals surface area (Å²) in [5.41, 5.74) is 1.75. The van der Waals surface area contributed by atoms with Crippen molar-refractivity contribution in [1.82, 2.24) is 4.90 Å². The van der Waals surface area contributed by atoms with Gasteiger partial charge in [-0.05, 0) is 42.4 Å². The normalized spacial score (nSPS) is 23.7. The first kappa shape index (κ1) is 20.7. The van der Waals surface area contributed by atoms with Gasteiger partial charge in [0.1, 0.15) is 0 Å². The predicted octanol–water partition coefficient (Wildman–Crippen LogP) is 4.03. The van der Waals surface area contributed by atoms with Gasteiger partial charge in [-0.1, -0.05) is 47.5 Å². The van der Waals surface area contributed by atoms with Crippen LogP contribution in [0.4, 0.5) is 0 Å². The maximum Gasteiger partial charge on any atom is 0.200 e. The average Bonchev–Trinajstić information content (AvgIpc) is 2.46. The Balaban J connectivity index is 3.06. The van der Waals surface area contributed by atoms with Crippen LogP contribution in [0.1, 0.15) is 60.8 Å². The van der Waals surface area contributed by atoms with Crippen molar-refractivity contribution in [3.8, 4) is 12.3 Å². The third-order valence-electron chi connectivity index (χ3n) is 5.61. The van der Waals surface area contributed by atoms with Gasteiger partial charge in [-0.2, -0.15) is 0 Å². The molecule has 1 fully saturated rings. The molecule has 1 rings (SSSR count). The minimum atomic E-state index is -1.90. The Labute approximate surface area is 144 Å². The van der Waals surface area contributed by atoms with Crippen molar-refractivity contribution in [2.45, 2.75) is 89.6 Å². The van der Waals surface area contributed by atoms with Crippen LogP contribution in [0.3, 0.4) is 0 Å². The van der Waals surface area contributed by atoms with E-state index < -0.39 is 8.32 Å². The van der Waals surface area contributed by atoms with Crippen molar-refractivity contribution in [1.29, 1.82) is 0 Å². The molecule has 0 amide bonds. The number of piperidine rings is 1. The largest absolute Gasteiger partial charge is 0.412 e. The second-order valence-corrected chi connectivity index (χ2v) is 13.3. The Hall–Kier alpha value is -0.343. The molecule has 0 saturated carbocycles. The van der Waals surface area contributed by atoms with Gasteiger partial charge < -0.3 is 9.53 Å². The summed E-state index contributed by atoms with van der Waals surface area (Å²) in [6.07, 6.45) is 8.74. The molecule has 0 radical (unpaired) electrons. The van der Waals surface area contributed by atoms with E-state index in [1.54, 1.807) is 0 Å². The van der Waals surface area contributed by atoms with Crippen LogP contribution in [0.5, 0.6) is 0 Å². The predicted molar refractivity (Wildman–Crippen MR) is 101 cm³/mol. The molecule has 134 valence electrons. The zero-order chi connectivity index (χ0) is 17.6. The summed E-state index contributed by atoms with van der Waals surface area (Å²) >= 11 is 0. The first-order valence-electron chi connectivity index (χ1n) is 9.27. The maximum atomic E-state index is 9.53. The highest BCUT2D eigenvalue weighted by Gasteiger charge is 2.48. The Morgan fingerprint density at radius 3 is 2.17 bits per heavy atom. The number of aliphatic hydroxyl groups is 1. The molecule has 1 aliphatic rings. The van der Waals surface area contributed by atoms with Gasteiger partial charge in [0.05, 0.1) is 12.6 Å². The second kappa shape index (κ2) is 9.22. The van der Waals surface area contributed by atoms with Crippen molar-refractivity contribution in [3.63, 3.8) is 0 Å². The second-order valence-electron chi connectivity index (χ2n) is 7.87. The van der Waals surface area contributed by atoms with Crippen molar-refractivity contribution < 1.29 is 9.53 Å². The maximum absolute atomic E-state index is 9.53. The Morgan fingerprint density at radius 1 is 1.17 bits per heavy atom. The zero-order valence-electron chi connectivity index (χ0n) is 16.0. The minimum absolute atomic E-state index is 0.200. The first-order valence-corrected chi connectivity index (χ1v) is 11.4. The number of hydrogen-bond acceptors (Lipinski definition) is 3. The molecule has 3 nitrogen and oxygen atoms in total. The Bertz CT molecular complexity index is 368. The van der Waals surface area contributed by atoms with E-state index in [4.69, 9.17) is 10.8 Å². The minimum Gasteiger partial charge on any atom is -0.412 e. The van der Waals surface area contributed by atoms with E-state index in [0.29, 0.717) is 23.2 Å². The summed E-state index contributed by atoms with van der Waals surface area (Å²) < 4.78 is 7.02. The molecule has 2 atom stereocenters. The molecule has 0 aromatic heterocycles. The highest BCUT2D eigenvalue weighted by atomic mass is 28.4. The van der Waals surface area contributed by atoms with Gasteiger partial charge in [-0.3, -0.25) is 4.90 Å². The molecule has 0 aromatic carbocycles. The van der Waals surface area contributed by atoms with Crippen LogP contribution >= 0.6 is 0 Å². The molecule has 0 bridgehead atoms. The fourth-order valence-corrected chi connectivity index (χ4v) is 10.3. The van der Waals surface area contributed by atoms with E-state index in [9.17, 15) is 5.11 Å². The van der Waals surface area contributed by atoms with Crippen LogP contribution in [0.15, 0.2) is 0 Å². The molecule has 0 aromatic rings. The van der Waals surface area contributed by atoms with Crippen molar-refractivity contribution >= 4 is 8.32 Å². The lowest BCUT2D eigenvalue weighted by Gasteiger charge is -2.49. The lowest BCUT2D eigenvalue weighted by Crippen LogP contribution is -2.57. The van der Waals surface area contributed by atoms with Crippen molar-refractivity contribution in [3.05, 3.63) is 0 Å². The van der Waals surface area contributed by atoms with Gasteiger partial charge in [0, 0.05) is 12.6 Å². The van der Waals surface area contributed by atoms with Crippen molar-refractivity contribution in [2.24, 2.45) is 0 Å². The summed E-state index contributed by atoms with van der Waals surface area (Å²) in [7, 11) is -1.90. The summed E-state index contributed by atoms with van der Waals surface area (Å²) in [5, 5.41) is 9.53.